The van der Waals surface area contributed by atoms with Gasteiger partial charge in [-0.3, -0.25) is 0 Å². The highest BCUT2D eigenvalue weighted by atomic mass is 16.5. The zero-order valence-electron chi connectivity index (χ0n) is 10.4. The summed E-state index contributed by atoms with van der Waals surface area (Å²) in [7, 11) is 1.74. The summed E-state index contributed by atoms with van der Waals surface area (Å²) in [5, 5.41) is 0. The Hall–Kier alpha value is -1.02. The number of aryl methyl sites for hydroxylation is 2. The molecule has 1 unspecified atom stereocenters. The standard InChI is InChI=1S/C13H21NO/c1-6-14(12(4)15-5)13-8-7-10(2)11(3)9-13/h7-9,12H,6H2,1-5H3. The lowest BCUT2D eigenvalue weighted by molar-refractivity contribution is 0.115. The van der Waals surface area contributed by atoms with Crippen LogP contribution in [0, 0.1) is 13.8 Å². The molecule has 2 nitrogen and oxygen atoms in total. The maximum Gasteiger partial charge on any atom is 0.126 e. The maximum atomic E-state index is 5.35. The minimum Gasteiger partial charge on any atom is -0.362 e. The molecule has 84 valence electrons. The molecular formula is C13H21NO. The van der Waals surface area contributed by atoms with Crippen LogP contribution in [0.5, 0.6) is 0 Å². The SMILES string of the molecule is CCN(c1ccc(C)c(C)c1)C(C)OC. The van der Waals surface area contributed by atoms with Gasteiger partial charge in [-0.05, 0) is 51.0 Å². The van der Waals surface area contributed by atoms with Gasteiger partial charge in [-0.25, -0.2) is 0 Å². The first-order valence-corrected chi connectivity index (χ1v) is 5.46. The lowest BCUT2D eigenvalue weighted by Gasteiger charge is -2.29. The number of nitrogens with zero attached hydrogens (tertiary/aromatic N) is 1. The van der Waals surface area contributed by atoms with Gasteiger partial charge in [0.2, 0.25) is 0 Å². The minimum atomic E-state index is 0.122. The Morgan fingerprint density at radius 1 is 1.27 bits per heavy atom. The van der Waals surface area contributed by atoms with Crippen molar-refractivity contribution in [3.63, 3.8) is 0 Å². The Balaban J connectivity index is 2.97. The molecule has 0 saturated heterocycles. The van der Waals surface area contributed by atoms with E-state index in [0.29, 0.717) is 0 Å². The van der Waals surface area contributed by atoms with Crippen LogP contribution in [-0.2, 0) is 4.74 Å². The van der Waals surface area contributed by atoms with Crippen molar-refractivity contribution in [1.82, 2.24) is 0 Å². The van der Waals surface area contributed by atoms with Crippen LogP contribution in [0.1, 0.15) is 25.0 Å². The highest BCUT2D eigenvalue weighted by Gasteiger charge is 2.11. The largest absolute Gasteiger partial charge is 0.362 e. The summed E-state index contributed by atoms with van der Waals surface area (Å²) in [4.78, 5) is 2.24. The summed E-state index contributed by atoms with van der Waals surface area (Å²) >= 11 is 0. The van der Waals surface area contributed by atoms with Crippen LogP contribution in [0.15, 0.2) is 18.2 Å². The number of methoxy groups -OCH3 is 1. The van der Waals surface area contributed by atoms with Crippen molar-refractivity contribution in [1.29, 1.82) is 0 Å². The summed E-state index contributed by atoms with van der Waals surface area (Å²) in [6.45, 7) is 9.44. The molecular weight excluding hydrogens is 186 g/mol. The second-order valence-corrected chi connectivity index (χ2v) is 3.89. The first kappa shape index (κ1) is 12.1. The third-order valence-corrected chi connectivity index (χ3v) is 2.94. The summed E-state index contributed by atoms with van der Waals surface area (Å²) < 4.78 is 5.35. The van der Waals surface area contributed by atoms with Crippen molar-refractivity contribution < 1.29 is 4.74 Å². The predicted molar refractivity (Wildman–Crippen MR) is 65.4 cm³/mol. The van der Waals surface area contributed by atoms with E-state index in [0.717, 1.165) is 6.54 Å². The molecule has 0 heterocycles. The number of benzene rings is 1. The second-order valence-electron chi connectivity index (χ2n) is 3.89. The Bertz CT molecular complexity index is 322. The third kappa shape index (κ3) is 2.72. The minimum absolute atomic E-state index is 0.122. The van der Waals surface area contributed by atoms with Crippen LogP contribution in [0.25, 0.3) is 0 Å². The number of hydrogen-bond acceptors (Lipinski definition) is 2. The maximum absolute atomic E-state index is 5.35. The molecule has 0 amide bonds. The monoisotopic (exact) mass is 207 g/mol. The summed E-state index contributed by atoms with van der Waals surface area (Å²) in [5.74, 6) is 0. The molecule has 0 aliphatic rings. The summed E-state index contributed by atoms with van der Waals surface area (Å²) in [5.41, 5.74) is 3.89. The molecule has 0 aliphatic carbocycles. The van der Waals surface area contributed by atoms with Crippen LogP contribution in [0.4, 0.5) is 5.69 Å². The molecule has 0 N–H and O–H groups in total. The van der Waals surface area contributed by atoms with E-state index in [9.17, 15) is 0 Å². The fourth-order valence-corrected chi connectivity index (χ4v) is 1.68. The van der Waals surface area contributed by atoms with Gasteiger partial charge in [-0.1, -0.05) is 6.07 Å². The van der Waals surface area contributed by atoms with E-state index >= 15 is 0 Å². The second kappa shape index (κ2) is 5.17. The zero-order valence-corrected chi connectivity index (χ0v) is 10.4. The van der Waals surface area contributed by atoms with Gasteiger partial charge in [0.15, 0.2) is 0 Å². The molecule has 0 aromatic heterocycles. The molecule has 2 heteroatoms. The van der Waals surface area contributed by atoms with E-state index in [1.165, 1.54) is 16.8 Å². The molecule has 0 spiro atoms. The van der Waals surface area contributed by atoms with Crippen molar-refractivity contribution in [2.75, 3.05) is 18.6 Å². The third-order valence-electron chi connectivity index (χ3n) is 2.94. The van der Waals surface area contributed by atoms with Gasteiger partial charge in [0.25, 0.3) is 0 Å². The smallest absolute Gasteiger partial charge is 0.126 e. The number of anilines is 1. The van der Waals surface area contributed by atoms with E-state index in [-0.39, 0.29) is 6.23 Å². The van der Waals surface area contributed by atoms with Crippen molar-refractivity contribution in [2.24, 2.45) is 0 Å². The number of ether oxygens (including phenoxy) is 1. The van der Waals surface area contributed by atoms with Gasteiger partial charge in [0.05, 0.1) is 0 Å². The number of hydrogen-bond donors (Lipinski definition) is 0. The molecule has 1 aromatic carbocycles. The van der Waals surface area contributed by atoms with Crippen LogP contribution >= 0.6 is 0 Å². The molecule has 0 bridgehead atoms. The van der Waals surface area contributed by atoms with Crippen LogP contribution in [0.3, 0.4) is 0 Å². The molecule has 0 aliphatic heterocycles. The van der Waals surface area contributed by atoms with Crippen LogP contribution in [0.2, 0.25) is 0 Å². The van der Waals surface area contributed by atoms with Crippen molar-refractivity contribution in [2.45, 2.75) is 33.9 Å². The van der Waals surface area contributed by atoms with E-state index in [4.69, 9.17) is 4.74 Å². The molecule has 1 rings (SSSR count). The Labute approximate surface area is 92.9 Å². The Morgan fingerprint density at radius 2 is 1.93 bits per heavy atom. The molecule has 0 radical (unpaired) electrons. The van der Waals surface area contributed by atoms with Gasteiger partial charge >= 0.3 is 0 Å². The highest BCUT2D eigenvalue weighted by Crippen LogP contribution is 2.20. The van der Waals surface area contributed by atoms with Crippen molar-refractivity contribution in [3.8, 4) is 0 Å². The highest BCUT2D eigenvalue weighted by molar-refractivity contribution is 5.50. The first-order chi connectivity index (χ1) is 7.10. The number of rotatable bonds is 4. The molecule has 0 fully saturated rings. The Morgan fingerprint density at radius 3 is 2.40 bits per heavy atom. The molecule has 1 atom stereocenters. The van der Waals surface area contributed by atoms with Gasteiger partial charge in [0, 0.05) is 19.3 Å². The zero-order chi connectivity index (χ0) is 11.4. The Kier molecular flexibility index (Phi) is 4.15. The van der Waals surface area contributed by atoms with E-state index < -0.39 is 0 Å². The van der Waals surface area contributed by atoms with Crippen molar-refractivity contribution in [3.05, 3.63) is 29.3 Å². The molecule has 1 aromatic rings. The quantitative estimate of drug-likeness (QED) is 0.703. The molecule has 0 saturated carbocycles. The summed E-state index contributed by atoms with van der Waals surface area (Å²) in [6, 6.07) is 6.53. The topological polar surface area (TPSA) is 12.5 Å². The van der Waals surface area contributed by atoms with E-state index in [1.54, 1.807) is 7.11 Å². The molecule has 15 heavy (non-hydrogen) atoms. The van der Waals surface area contributed by atoms with Crippen LogP contribution < -0.4 is 4.90 Å². The normalized spacial score (nSPS) is 12.6. The summed E-state index contributed by atoms with van der Waals surface area (Å²) in [6.07, 6.45) is 0.122. The lowest BCUT2D eigenvalue weighted by Crippen LogP contribution is -2.34. The predicted octanol–water partition coefficient (Wildman–Crippen LogP) is 3.12. The van der Waals surface area contributed by atoms with Crippen molar-refractivity contribution >= 4 is 5.69 Å². The lowest BCUT2D eigenvalue weighted by atomic mass is 10.1. The van der Waals surface area contributed by atoms with Crippen LogP contribution in [-0.4, -0.2) is 19.9 Å². The van der Waals surface area contributed by atoms with E-state index in [1.807, 2.05) is 0 Å². The average molecular weight is 207 g/mol. The van der Waals surface area contributed by atoms with Gasteiger partial charge in [0.1, 0.15) is 6.23 Å². The fourth-order valence-electron chi connectivity index (χ4n) is 1.68. The first-order valence-electron chi connectivity index (χ1n) is 5.46. The van der Waals surface area contributed by atoms with Gasteiger partial charge in [-0.2, -0.15) is 0 Å². The fraction of sp³-hybridized carbons (Fsp3) is 0.538. The average Bonchev–Trinajstić information content (AvgIpc) is 2.24. The van der Waals surface area contributed by atoms with E-state index in [2.05, 4.69) is 50.8 Å². The van der Waals surface area contributed by atoms with Gasteiger partial charge < -0.3 is 9.64 Å². The van der Waals surface area contributed by atoms with Gasteiger partial charge in [-0.15, -0.1) is 0 Å².